The normalized spacial score (nSPS) is 13.2. The van der Waals surface area contributed by atoms with Crippen LogP contribution in [0.5, 0.6) is 0 Å². The van der Waals surface area contributed by atoms with E-state index in [4.69, 9.17) is 10.8 Å². The Balaban J connectivity index is 0. The minimum atomic E-state index is -0.693. The molecule has 0 aromatic carbocycles. The van der Waals surface area contributed by atoms with Gasteiger partial charge in [-0.05, 0) is 31.3 Å². The van der Waals surface area contributed by atoms with Crippen LogP contribution in [-0.4, -0.2) is 39.6 Å². The van der Waals surface area contributed by atoms with Crippen molar-refractivity contribution in [3.63, 3.8) is 0 Å². The van der Waals surface area contributed by atoms with Crippen LogP contribution < -0.4 is 5.73 Å². The molecule has 3 nitrogen and oxygen atoms in total. The fourth-order valence-electron chi connectivity index (χ4n) is 1.25. The third-order valence-corrected chi connectivity index (χ3v) is 4.98. The standard InChI is InChI=1S/C8H16O2S.C7H17NS/c1-3-4-5-11-7(2)6-8(9)10;1-3-4-5-9-6-7(2)8/h7H,3-6H2,1-2H3,(H,9,10);7H,3-6,8H2,1-2H3. The van der Waals surface area contributed by atoms with Crippen LogP contribution in [-0.2, 0) is 4.79 Å². The van der Waals surface area contributed by atoms with E-state index >= 15 is 0 Å². The number of carbonyl (C=O) groups is 1. The van der Waals surface area contributed by atoms with Crippen LogP contribution in [0.15, 0.2) is 0 Å². The number of rotatable bonds is 11. The molecular formula is C15H33NO2S2. The van der Waals surface area contributed by atoms with E-state index in [0.717, 1.165) is 11.5 Å². The molecule has 3 N–H and O–H groups in total. The average molecular weight is 324 g/mol. The summed E-state index contributed by atoms with van der Waals surface area (Å²) >= 11 is 3.71. The Morgan fingerprint density at radius 1 is 1.15 bits per heavy atom. The summed E-state index contributed by atoms with van der Waals surface area (Å²) < 4.78 is 0. The third-order valence-electron chi connectivity index (χ3n) is 2.39. The van der Waals surface area contributed by atoms with Gasteiger partial charge in [-0.25, -0.2) is 0 Å². The summed E-state index contributed by atoms with van der Waals surface area (Å²) in [6.45, 7) is 8.38. The zero-order valence-electron chi connectivity index (χ0n) is 13.6. The molecule has 0 fully saturated rings. The average Bonchev–Trinajstić information content (AvgIpc) is 2.35. The predicted molar refractivity (Wildman–Crippen MR) is 95.0 cm³/mol. The zero-order chi connectivity index (χ0) is 15.8. The van der Waals surface area contributed by atoms with Crippen LogP contribution in [0.25, 0.3) is 0 Å². The Labute approximate surface area is 133 Å². The molecule has 0 aliphatic carbocycles. The molecule has 0 bridgehead atoms. The Morgan fingerprint density at radius 2 is 1.70 bits per heavy atom. The van der Waals surface area contributed by atoms with Crippen LogP contribution in [0, 0.1) is 0 Å². The first-order valence-electron chi connectivity index (χ1n) is 7.60. The Bertz CT molecular complexity index is 214. The van der Waals surface area contributed by atoms with Gasteiger partial charge in [0, 0.05) is 17.0 Å². The summed E-state index contributed by atoms with van der Waals surface area (Å²) in [7, 11) is 0. The first kappa shape index (κ1) is 22.4. The molecule has 2 atom stereocenters. The van der Waals surface area contributed by atoms with Gasteiger partial charge in [0.05, 0.1) is 6.42 Å². The lowest BCUT2D eigenvalue weighted by molar-refractivity contribution is -0.136. The molecule has 0 saturated heterocycles. The fourth-order valence-corrected chi connectivity index (χ4v) is 3.40. The molecule has 0 spiro atoms. The highest BCUT2D eigenvalue weighted by Gasteiger charge is 2.06. The summed E-state index contributed by atoms with van der Waals surface area (Å²) in [5.41, 5.74) is 5.55. The monoisotopic (exact) mass is 323 g/mol. The molecule has 0 aromatic heterocycles. The number of hydrogen-bond donors (Lipinski definition) is 2. The highest BCUT2D eigenvalue weighted by molar-refractivity contribution is 7.99. The van der Waals surface area contributed by atoms with Gasteiger partial charge in [-0.3, -0.25) is 4.79 Å². The van der Waals surface area contributed by atoms with Gasteiger partial charge in [-0.2, -0.15) is 23.5 Å². The summed E-state index contributed by atoms with van der Waals surface area (Å²) in [6, 6.07) is 0.367. The van der Waals surface area contributed by atoms with Gasteiger partial charge >= 0.3 is 5.97 Å². The lowest BCUT2D eigenvalue weighted by Gasteiger charge is -2.06. The number of unbranched alkanes of at least 4 members (excludes halogenated alkanes) is 2. The number of carboxylic acid groups (broad SMARTS) is 1. The molecule has 0 rings (SSSR count). The topological polar surface area (TPSA) is 63.3 Å². The molecule has 20 heavy (non-hydrogen) atoms. The van der Waals surface area contributed by atoms with E-state index in [1.165, 1.54) is 31.4 Å². The van der Waals surface area contributed by atoms with Gasteiger partial charge in [0.1, 0.15) is 0 Å². The van der Waals surface area contributed by atoms with Crippen LogP contribution >= 0.6 is 23.5 Å². The fraction of sp³-hybridized carbons (Fsp3) is 0.933. The van der Waals surface area contributed by atoms with Crippen LogP contribution in [0.4, 0.5) is 0 Å². The molecule has 0 aliphatic rings. The summed E-state index contributed by atoms with van der Waals surface area (Å²) in [4.78, 5) is 10.2. The maximum atomic E-state index is 10.2. The van der Waals surface area contributed by atoms with Crippen molar-refractivity contribution in [3.05, 3.63) is 0 Å². The van der Waals surface area contributed by atoms with Crippen molar-refractivity contribution in [1.29, 1.82) is 0 Å². The molecular weight excluding hydrogens is 290 g/mol. The van der Waals surface area contributed by atoms with E-state index in [9.17, 15) is 4.79 Å². The number of thioether (sulfide) groups is 2. The Kier molecular flexibility index (Phi) is 19.3. The number of aliphatic carboxylic acids is 1. The van der Waals surface area contributed by atoms with E-state index < -0.39 is 5.97 Å². The Morgan fingerprint density at radius 3 is 2.15 bits per heavy atom. The first-order chi connectivity index (χ1) is 9.43. The zero-order valence-corrected chi connectivity index (χ0v) is 15.2. The lowest BCUT2D eigenvalue weighted by atomic mass is 10.3. The summed E-state index contributed by atoms with van der Waals surface area (Å²) in [6.07, 6.45) is 5.29. The van der Waals surface area contributed by atoms with E-state index in [2.05, 4.69) is 20.8 Å². The van der Waals surface area contributed by atoms with E-state index in [1.54, 1.807) is 11.8 Å². The van der Waals surface area contributed by atoms with E-state index in [-0.39, 0.29) is 11.7 Å². The third kappa shape index (κ3) is 23.2. The van der Waals surface area contributed by atoms with Crippen molar-refractivity contribution in [2.45, 2.75) is 71.1 Å². The Hall–Kier alpha value is 0.130. The maximum absolute atomic E-state index is 10.2. The molecule has 0 aromatic rings. The second kappa shape index (κ2) is 17.2. The van der Waals surface area contributed by atoms with Gasteiger partial charge in [0.2, 0.25) is 0 Å². The highest BCUT2D eigenvalue weighted by atomic mass is 32.2. The molecule has 0 aliphatic heterocycles. The summed E-state index contributed by atoms with van der Waals surface area (Å²) in [5.74, 6) is 2.78. The van der Waals surface area contributed by atoms with Crippen LogP contribution in [0.2, 0.25) is 0 Å². The lowest BCUT2D eigenvalue weighted by Crippen LogP contribution is -2.17. The summed E-state index contributed by atoms with van der Waals surface area (Å²) in [5, 5.41) is 8.69. The second-order valence-corrected chi connectivity index (χ2v) is 7.73. The predicted octanol–water partition coefficient (Wildman–Crippen LogP) is 4.25. The van der Waals surface area contributed by atoms with Gasteiger partial charge < -0.3 is 10.8 Å². The van der Waals surface area contributed by atoms with Crippen molar-refractivity contribution in [3.8, 4) is 0 Å². The van der Waals surface area contributed by atoms with Crippen molar-refractivity contribution in [1.82, 2.24) is 0 Å². The van der Waals surface area contributed by atoms with Crippen molar-refractivity contribution in [2.24, 2.45) is 5.73 Å². The number of carboxylic acids is 1. The quantitative estimate of drug-likeness (QED) is 0.557. The SMILES string of the molecule is CCCCSC(C)CC(=O)O.CCCCSCC(C)N. The maximum Gasteiger partial charge on any atom is 0.304 e. The van der Waals surface area contributed by atoms with Crippen molar-refractivity contribution >= 4 is 29.5 Å². The second-order valence-electron chi connectivity index (χ2n) is 5.04. The van der Waals surface area contributed by atoms with Gasteiger partial charge in [-0.15, -0.1) is 0 Å². The minimum absolute atomic E-state index is 0.263. The van der Waals surface area contributed by atoms with Gasteiger partial charge in [0.25, 0.3) is 0 Å². The van der Waals surface area contributed by atoms with Crippen molar-refractivity contribution < 1.29 is 9.90 Å². The van der Waals surface area contributed by atoms with Crippen molar-refractivity contribution in [2.75, 3.05) is 17.3 Å². The smallest absolute Gasteiger partial charge is 0.304 e. The van der Waals surface area contributed by atoms with Gasteiger partial charge in [0.15, 0.2) is 0 Å². The molecule has 0 saturated carbocycles. The van der Waals surface area contributed by atoms with Gasteiger partial charge in [-0.1, -0.05) is 33.6 Å². The largest absolute Gasteiger partial charge is 0.481 e. The van der Waals surface area contributed by atoms with Crippen LogP contribution in [0.1, 0.15) is 59.8 Å². The molecule has 0 amide bonds. The van der Waals surface area contributed by atoms with E-state index in [0.29, 0.717) is 6.04 Å². The molecule has 122 valence electrons. The van der Waals surface area contributed by atoms with Crippen LogP contribution in [0.3, 0.4) is 0 Å². The molecule has 0 heterocycles. The first-order valence-corrected chi connectivity index (χ1v) is 9.81. The molecule has 2 unspecified atom stereocenters. The molecule has 0 radical (unpaired) electrons. The number of hydrogen-bond acceptors (Lipinski definition) is 4. The molecule has 5 heteroatoms. The van der Waals surface area contributed by atoms with E-state index in [1.807, 2.05) is 18.7 Å². The minimum Gasteiger partial charge on any atom is -0.481 e. The number of nitrogens with two attached hydrogens (primary N) is 1. The highest BCUT2D eigenvalue weighted by Crippen LogP contribution is 2.15.